The number of carbonyl (C=O) groups is 2. The molecule has 0 amide bonds. The van der Waals surface area contributed by atoms with Crippen LogP contribution < -0.4 is 5.32 Å². The predicted octanol–water partition coefficient (Wildman–Crippen LogP) is 2.29. The summed E-state index contributed by atoms with van der Waals surface area (Å²) in [7, 11) is 0. The number of anilines is 1. The van der Waals surface area contributed by atoms with Crippen LogP contribution in [0.5, 0.6) is 0 Å². The molecule has 0 atom stereocenters. The molecule has 0 saturated heterocycles. The van der Waals surface area contributed by atoms with Gasteiger partial charge in [0, 0.05) is 11.4 Å². The summed E-state index contributed by atoms with van der Waals surface area (Å²) in [5.74, 6) is -1.03. The quantitative estimate of drug-likeness (QED) is 0.762. The fourth-order valence-electron chi connectivity index (χ4n) is 1.30. The maximum atomic E-state index is 10.8. The number of hydrogen-bond acceptors (Lipinski definition) is 3. The number of rotatable bonds is 4. The van der Waals surface area contributed by atoms with E-state index in [1.807, 2.05) is 0 Å². The fraction of sp³-hybridized carbons (Fsp3) is 0.167. The van der Waals surface area contributed by atoms with Crippen molar-refractivity contribution in [2.24, 2.45) is 0 Å². The first-order valence-corrected chi connectivity index (χ1v) is 4.78. The summed E-state index contributed by atoms with van der Waals surface area (Å²) < 4.78 is 0. The second kappa shape index (κ2) is 5.11. The van der Waals surface area contributed by atoms with Crippen molar-refractivity contribution in [2.75, 3.05) is 5.32 Å². The summed E-state index contributed by atoms with van der Waals surface area (Å²) in [6.07, 6.45) is 1.45. The second-order valence-electron chi connectivity index (χ2n) is 3.45. The molecule has 0 radical (unpaired) electrons. The molecule has 84 valence electrons. The Hall–Kier alpha value is -2.10. The molecular weight excluding hydrogens is 206 g/mol. The van der Waals surface area contributed by atoms with Crippen LogP contribution in [0.3, 0.4) is 0 Å². The average molecular weight is 219 g/mol. The van der Waals surface area contributed by atoms with E-state index in [0.29, 0.717) is 11.4 Å². The lowest BCUT2D eigenvalue weighted by Gasteiger charge is -2.06. The molecule has 0 bridgehead atoms. The van der Waals surface area contributed by atoms with E-state index in [-0.39, 0.29) is 11.3 Å². The topological polar surface area (TPSA) is 66.4 Å². The van der Waals surface area contributed by atoms with E-state index < -0.39 is 5.97 Å². The molecule has 2 N–H and O–H groups in total. The van der Waals surface area contributed by atoms with Crippen molar-refractivity contribution in [1.29, 1.82) is 0 Å². The number of carbonyl (C=O) groups excluding carboxylic acids is 1. The van der Waals surface area contributed by atoms with Crippen molar-refractivity contribution in [3.63, 3.8) is 0 Å². The zero-order valence-corrected chi connectivity index (χ0v) is 9.15. The molecule has 0 aliphatic rings. The number of ketones is 1. The number of carboxylic acid groups (broad SMARTS) is 1. The predicted molar refractivity (Wildman–Crippen MR) is 61.5 cm³/mol. The van der Waals surface area contributed by atoms with E-state index in [0.717, 1.165) is 0 Å². The highest BCUT2D eigenvalue weighted by Crippen LogP contribution is 2.12. The molecule has 0 heterocycles. The Balaban J connectivity index is 2.86. The van der Waals surface area contributed by atoms with Gasteiger partial charge in [-0.25, -0.2) is 4.79 Å². The molecule has 0 aliphatic carbocycles. The zero-order valence-electron chi connectivity index (χ0n) is 9.15. The molecule has 1 aromatic carbocycles. The van der Waals surface area contributed by atoms with Gasteiger partial charge in [0.05, 0.1) is 5.56 Å². The molecule has 1 aromatic rings. The van der Waals surface area contributed by atoms with E-state index in [1.54, 1.807) is 19.1 Å². The van der Waals surface area contributed by atoms with Crippen LogP contribution in [0.2, 0.25) is 0 Å². The van der Waals surface area contributed by atoms with Gasteiger partial charge in [-0.3, -0.25) is 4.79 Å². The minimum absolute atomic E-state index is 0.0561. The van der Waals surface area contributed by atoms with Crippen LogP contribution in [0, 0.1) is 0 Å². The third-order valence-electron chi connectivity index (χ3n) is 1.87. The van der Waals surface area contributed by atoms with Crippen molar-refractivity contribution >= 4 is 17.4 Å². The van der Waals surface area contributed by atoms with E-state index >= 15 is 0 Å². The summed E-state index contributed by atoms with van der Waals surface area (Å²) in [5.41, 5.74) is 1.53. The average Bonchev–Trinajstić information content (AvgIpc) is 2.16. The summed E-state index contributed by atoms with van der Waals surface area (Å²) in [6, 6.07) is 6.41. The Bertz CT molecular complexity index is 449. The van der Waals surface area contributed by atoms with E-state index in [1.165, 1.54) is 25.1 Å². The molecular formula is C12H13NO3. The Kier molecular flexibility index (Phi) is 3.83. The molecule has 0 aromatic heterocycles. The fourth-order valence-corrected chi connectivity index (χ4v) is 1.30. The molecule has 1 rings (SSSR count). The normalized spacial score (nSPS) is 11.0. The van der Waals surface area contributed by atoms with Gasteiger partial charge in [-0.05, 0) is 38.1 Å². The van der Waals surface area contributed by atoms with Gasteiger partial charge < -0.3 is 10.4 Å². The molecule has 0 unspecified atom stereocenters. The van der Waals surface area contributed by atoms with Crippen LogP contribution in [0.15, 0.2) is 36.0 Å². The van der Waals surface area contributed by atoms with Crippen molar-refractivity contribution in [1.82, 2.24) is 0 Å². The lowest BCUT2D eigenvalue weighted by molar-refractivity contribution is -0.112. The third-order valence-corrected chi connectivity index (χ3v) is 1.87. The third kappa shape index (κ3) is 3.57. The Labute approximate surface area is 93.6 Å². The van der Waals surface area contributed by atoms with Crippen molar-refractivity contribution in [2.45, 2.75) is 13.8 Å². The SMILES string of the molecule is CC(=O)/C=C(\C)Nc1cccc(C(=O)O)c1. The van der Waals surface area contributed by atoms with Crippen LogP contribution >= 0.6 is 0 Å². The Morgan fingerprint density at radius 3 is 2.56 bits per heavy atom. The summed E-state index contributed by atoms with van der Waals surface area (Å²) >= 11 is 0. The lowest BCUT2D eigenvalue weighted by atomic mass is 10.2. The molecule has 16 heavy (non-hydrogen) atoms. The van der Waals surface area contributed by atoms with Crippen LogP contribution in [0.1, 0.15) is 24.2 Å². The maximum absolute atomic E-state index is 10.8. The lowest BCUT2D eigenvalue weighted by Crippen LogP contribution is -2.01. The van der Waals surface area contributed by atoms with Crippen molar-refractivity contribution < 1.29 is 14.7 Å². The highest BCUT2D eigenvalue weighted by Gasteiger charge is 2.02. The number of carboxylic acids is 1. The van der Waals surface area contributed by atoms with Gasteiger partial charge in [0.15, 0.2) is 5.78 Å². The largest absolute Gasteiger partial charge is 0.478 e. The van der Waals surface area contributed by atoms with Gasteiger partial charge >= 0.3 is 5.97 Å². The molecule has 0 fully saturated rings. The van der Waals surface area contributed by atoms with Crippen molar-refractivity contribution in [3.8, 4) is 0 Å². The van der Waals surface area contributed by atoms with Gasteiger partial charge in [-0.1, -0.05) is 6.07 Å². The van der Waals surface area contributed by atoms with Crippen LogP contribution in [0.4, 0.5) is 5.69 Å². The first-order valence-electron chi connectivity index (χ1n) is 4.78. The Morgan fingerprint density at radius 1 is 1.31 bits per heavy atom. The summed E-state index contributed by atoms with van der Waals surface area (Å²) in [4.78, 5) is 21.5. The maximum Gasteiger partial charge on any atom is 0.335 e. The van der Waals surface area contributed by atoms with E-state index in [2.05, 4.69) is 5.32 Å². The summed E-state index contributed by atoms with van der Waals surface area (Å²) in [6.45, 7) is 3.20. The molecule has 4 nitrogen and oxygen atoms in total. The summed E-state index contributed by atoms with van der Waals surface area (Å²) in [5, 5.41) is 11.7. The number of benzene rings is 1. The highest BCUT2D eigenvalue weighted by atomic mass is 16.4. The second-order valence-corrected chi connectivity index (χ2v) is 3.45. The van der Waals surface area contributed by atoms with Gasteiger partial charge in [0.25, 0.3) is 0 Å². The molecule has 0 spiro atoms. The van der Waals surface area contributed by atoms with E-state index in [9.17, 15) is 9.59 Å². The zero-order chi connectivity index (χ0) is 12.1. The smallest absolute Gasteiger partial charge is 0.335 e. The van der Waals surface area contributed by atoms with Gasteiger partial charge in [0.1, 0.15) is 0 Å². The van der Waals surface area contributed by atoms with Crippen LogP contribution in [-0.2, 0) is 4.79 Å². The van der Waals surface area contributed by atoms with Gasteiger partial charge in [-0.15, -0.1) is 0 Å². The molecule has 0 aliphatic heterocycles. The molecule has 0 saturated carbocycles. The number of allylic oxidation sites excluding steroid dienone is 2. The Morgan fingerprint density at radius 2 is 2.00 bits per heavy atom. The van der Waals surface area contributed by atoms with Gasteiger partial charge in [-0.2, -0.15) is 0 Å². The number of aromatic carboxylic acids is 1. The first kappa shape index (κ1) is 12.0. The minimum Gasteiger partial charge on any atom is -0.478 e. The number of hydrogen-bond donors (Lipinski definition) is 2. The van der Waals surface area contributed by atoms with E-state index in [4.69, 9.17) is 5.11 Å². The monoisotopic (exact) mass is 219 g/mol. The highest BCUT2D eigenvalue weighted by molar-refractivity contribution is 5.90. The van der Waals surface area contributed by atoms with Crippen LogP contribution in [0.25, 0.3) is 0 Å². The standard InChI is InChI=1S/C12H13NO3/c1-8(6-9(2)14)13-11-5-3-4-10(7-11)12(15)16/h3-7,13H,1-2H3,(H,15,16)/b8-6+. The van der Waals surface area contributed by atoms with Gasteiger partial charge in [0.2, 0.25) is 0 Å². The molecule has 4 heteroatoms. The number of nitrogens with one attached hydrogen (secondary N) is 1. The van der Waals surface area contributed by atoms with Crippen molar-refractivity contribution in [3.05, 3.63) is 41.6 Å². The van der Waals surface area contributed by atoms with Crippen LogP contribution in [-0.4, -0.2) is 16.9 Å². The first-order chi connectivity index (χ1) is 7.49. The minimum atomic E-state index is -0.975.